The van der Waals surface area contributed by atoms with Gasteiger partial charge in [-0.15, -0.1) is 0 Å². The van der Waals surface area contributed by atoms with Gasteiger partial charge in [0.1, 0.15) is 0 Å². The zero-order valence-corrected chi connectivity index (χ0v) is 15.1. The van der Waals surface area contributed by atoms with E-state index >= 15 is 0 Å². The van der Waals surface area contributed by atoms with Gasteiger partial charge >= 0.3 is 5.97 Å². The summed E-state index contributed by atoms with van der Waals surface area (Å²) in [6.45, 7) is 6.01. The zero-order valence-electron chi connectivity index (χ0n) is 15.1. The minimum Gasteiger partial charge on any atom is -0.478 e. The summed E-state index contributed by atoms with van der Waals surface area (Å²) in [4.78, 5) is 11.4. The summed E-state index contributed by atoms with van der Waals surface area (Å²) in [5.41, 5.74) is 10.8. The Labute approximate surface area is 149 Å². The second-order valence-corrected chi connectivity index (χ2v) is 6.78. The van der Waals surface area contributed by atoms with Crippen LogP contribution in [0.3, 0.4) is 0 Å². The Hall–Kier alpha value is -2.33. The maximum absolute atomic E-state index is 11.4. The molecule has 0 aromatic heterocycles. The lowest BCUT2D eigenvalue weighted by Gasteiger charge is -2.18. The number of carboxylic acids is 1. The molecule has 2 rings (SSSR count). The Balaban J connectivity index is 2.43. The average molecular weight is 341 g/mol. The van der Waals surface area contributed by atoms with Crippen LogP contribution >= 0.6 is 0 Å². The number of hydrogen-bond donors (Lipinski definition) is 3. The van der Waals surface area contributed by atoms with Crippen LogP contribution in [0.5, 0.6) is 0 Å². The maximum atomic E-state index is 11.4. The molecule has 25 heavy (non-hydrogen) atoms. The summed E-state index contributed by atoms with van der Waals surface area (Å²) >= 11 is 0. The van der Waals surface area contributed by atoms with Gasteiger partial charge in [-0.3, -0.25) is 0 Å². The first-order chi connectivity index (χ1) is 11.8. The molecule has 0 radical (unpaired) electrons. The molecule has 0 saturated heterocycles. The van der Waals surface area contributed by atoms with Gasteiger partial charge in [-0.05, 0) is 53.1 Å². The lowest BCUT2D eigenvalue weighted by molar-refractivity contribution is 0.0695. The number of nitrogens with two attached hydrogens (primary N) is 1. The van der Waals surface area contributed by atoms with E-state index in [0.29, 0.717) is 24.1 Å². The minimum atomic E-state index is -0.909. The number of aliphatic hydroxyl groups excluding tert-OH is 1. The number of hydrogen-bond acceptors (Lipinski definition) is 3. The predicted molar refractivity (Wildman–Crippen MR) is 101 cm³/mol. The van der Waals surface area contributed by atoms with Gasteiger partial charge in [0.15, 0.2) is 0 Å². The molecular weight excluding hydrogens is 314 g/mol. The van der Waals surface area contributed by atoms with Gasteiger partial charge in [0, 0.05) is 5.69 Å². The number of aromatic carboxylic acids is 1. The quantitative estimate of drug-likeness (QED) is 0.647. The Bertz CT molecular complexity index is 753. The van der Waals surface area contributed by atoms with Crippen molar-refractivity contribution < 1.29 is 15.0 Å². The fraction of sp³-hybridized carbons (Fsp3) is 0.381. The van der Waals surface area contributed by atoms with E-state index in [2.05, 4.69) is 0 Å². The van der Waals surface area contributed by atoms with Crippen molar-refractivity contribution in [2.24, 2.45) is 0 Å². The second kappa shape index (κ2) is 8.17. The molecule has 0 spiro atoms. The van der Waals surface area contributed by atoms with Crippen molar-refractivity contribution in [2.75, 3.05) is 5.73 Å². The summed E-state index contributed by atoms with van der Waals surface area (Å²) in [5.74, 6) is -0.794. The Kier molecular flexibility index (Phi) is 6.21. The lowest BCUT2D eigenvalue weighted by atomic mass is 9.90. The van der Waals surface area contributed by atoms with Gasteiger partial charge in [0.25, 0.3) is 0 Å². The highest BCUT2D eigenvalue weighted by Crippen LogP contribution is 2.30. The van der Waals surface area contributed by atoms with Crippen molar-refractivity contribution in [3.63, 3.8) is 0 Å². The summed E-state index contributed by atoms with van der Waals surface area (Å²) < 4.78 is 0. The van der Waals surface area contributed by atoms with Crippen molar-refractivity contribution in [3.05, 3.63) is 64.2 Å². The van der Waals surface area contributed by atoms with Crippen LogP contribution < -0.4 is 5.73 Å². The zero-order chi connectivity index (χ0) is 18.6. The third-order valence-electron chi connectivity index (χ3n) is 4.52. The third kappa shape index (κ3) is 4.40. The van der Waals surface area contributed by atoms with Gasteiger partial charge in [-0.1, -0.05) is 51.5 Å². The first-order valence-corrected chi connectivity index (χ1v) is 8.76. The number of carbonyl (C=O) groups is 1. The minimum absolute atomic E-state index is 0.115. The van der Waals surface area contributed by atoms with Crippen molar-refractivity contribution >= 4 is 11.7 Å². The topological polar surface area (TPSA) is 83.5 Å². The van der Waals surface area contributed by atoms with Gasteiger partial charge in [-0.2, -0.15) is 0 Å². The van der Waals surface area contributed by atoms with E-state index in [9.17, 15) is 15.0 Å². The molecule has 0 fully saturated rings. The molecule has 1 atom stereocenters. The SMILES string of the molecule is CCCC(O)c1cccc(N)c1Cc1ccc(C(=O)O)c(C(C)C)c1. The number of nitrogen functional groups attached to an aromatic ring is 1. The molecule has 0 aliphatic rings. The van der Waals surface area contributed by atoms with Crippen LogP contribution in [0.2, 0.25) is 0 Å². The van der Waals surface area contributed by atoms with Crippen molar-refractivity contribution in [2.45, 2.75) is 52.1 Å². The van der Waals surface area contributed by atoms with E-state index in [4.69, 9.17) is 5.73 Å². The van der Waals surface area contributed by atoms with E-state index in [0.717, 1.165) is 28.7 Å². The molecule has 2 aromatic carbocycles. The number of anilines is 1. The van der Waals surface area contributed by atoms with Crippen molar-refractivity contribution in [1.82, 2.24) is 0 Å². The summed E-state index contributed by atoms with van der Waals surface area (Å²) in [7, 11) is 0. The van der Waals surface area contributed by atoms with Crippen LogP contribution in [0.1, 0.15) is 78.2 Å². The maximum Gasteiger partial charge on any atom is 0.335 e. The lowest BCUT2D eigenvalue weighted by Crippen LogP contribution is -2.08. The van der Waals surface area contributed by atoms with Gasteiger partial charge in [0.05, 0.1) is 11.7 Å². The highest BCUT2D eigenvalue weighted by Gasteiger charge is 2.17. The molecule has 0 aliphatic heterocycles. The molecule has 0 amide bonds. The average Bonchev–Trinajstić information content (AvgIpc) is 2.56. The van der Waals surface area contributed by atoms with Crippen LogP contribution in [0, 0.1) is 0 Å². The highest BCUT2D eigenvalue weighted by molar-refractivity contribution is 5.89. The number of benzene rings is 2. The van der Waals surface area contributed by atoms with Gasteiger partial charge in [-0.25, -0.2) is 4.79 Å². The second-order valence-electron chi connectivity index (χ2n) is 6.78. The van der Waals surface area contributed by atoms with E-state index < -0.39 is 12.1 Å². The van der Waals surface area contributed by atoms with Crippen LogP contribution in [-0.4, -0.2) is 16.2 Å². The third-order valence-corrected chi connectivity index (χ3v) is 4.52. The van der Waals surface area contributed by atoms with Crippen LogP contribution in [-0.2, 0) is 6.42 Å². The normalized spacial score (nSPS) is 12.4. The monoisotopic (exact) mass is 341 g/mol. The molecule has 0 saturated carbocycles. The fourth-order valence-electron chi connectivity index (χ4n) is 3.17. The molecule has 0 heterocycles. The molecular formula is C21H27NO3. The smallest absolute Gasteiger partial charge is 0.335 e. The van der Waals surface area contributed by atoms with E-state index in [1.165, 1.54) is 0 Å². The summed E-state index contributed by atoms with van der Waals surface area (Å²) in [5, 5.41) is 19.8. The van der Waals surface area contributed by atoms with Crippen LogP contribution in [0.25, 0.3) is 0 Å². The molecule has 0 aliphatic carbocycles. The molecule has 134 valence electrons. The van der Waals surface area contributed by atoms with Crippen molar-refractivity contribution in [1.29, 1.82) is 0 Å². The number of carboxylic acid groups (broad SMARTS) is 1. The van der Waals surface area contributed by atoms with Gasteiger partial charge < -0.3 is 15.9 Å². The van der Waals surface area contributed by atoms with Crippen LogP contribution in [0.15, 0.2) is 36.4 Å². The molecule has 1 unspecified atom stereocenters. The Morgan fingerprint density at radius 2 is 1.88 bits per heavy atom. The molecule has 2 aromatic rings. The summed E-state index contributed by atoms with van der Waals surface area (Å²) in [6.07, 6.45) is 1.61. The summed E-state index contributed by atoms with van der Waals surface area (Å²) in [6, 6.07) is 11.1. The Morgan fingerprint density at radius 3 is 2.48 bits per heavy atom. The molecule has 4 nitrogen and oxygen atoms in total. The van der Waals surface area contributed by atoms with Crippen LogP contribution in [0.4, 0.5) is 5.69 Å². The largest absolute Gasteiger partial charge is 0.478 e. The molecule has 4 N–H and O–H groups in total. The number of aliphatic hydroxyl groups is 1. The number of rotatable bonds is 7. The van der Waals surface area contributed by atoms with E-state index in [-0.39, 0.29) is 5.92 Å². The Morgan fingerprint density at radius 1 is 1.16 bits per heavy atom. The van der Waals surface area contributed by atoms with E-state index in [1.807, 2.05) is 51.1 Å². The molecule has 0 bridgehead atoms. The molecule has 4 heteroatoms. The van der Waals surface area contributed by atoms with E-state index in [1.54, 1.807) is 6.07 Å². The first kappa shape index (κ1) is 19.0. The van der Waals surface area contributed by atoms with Gasteiger partial charge in [0.2, 0.25) is 0 Å². The highest BCUT2D eigenvalue weighted by atomic mass is 16.4. The van der Waals surface area contributed by atoms with Crippen molar-refractivity contribution in [3.8, 4) is 0 Å². The fourth-order valence-corrected chi connectivity index (χ4v) is 3.17. The predicted octanol–water partition coefficient (Wildman–Crippen LogP) is 4.51. The standard InChI is InChI=1S/C21H27NO3/c1-4-6-20(23)15-7-5-8-19(22)18(15)12-14-9-10-16(21(24)25)17(11-14)13(2)3/h5,7-11,13,20,23H,4,6,12,22H2,1-3H3,(H,24,25). The first-order valence-electron chi connectivity index (χ1n) is 8.76.